The first-order valence-electron chi connectivity index (χ1n) is 9.49. The number of benzene rings is 2. The minimum absolute atomic E-state index is 0.0516. The van der Waals surface area contributed by atoms with Crippen molar-refractivity contribution in [3.8, 4) is 0 Å². The zero-order valence-corrected chi connectivity index (χ0v) is 17.6. The van der Waals surface area contributed by atoms with E-state index < -0.39 is 0 Å². The van der Waals surface area contributed by atoms with Crippen LogP contribution in [0.1, 0.15) is 30.9 Å². The molecule has 0 aliphatic carbocycles. The van der Waals surface area contributed by atoms with Crippen LogP contribution in [0.5, 0.6) is 0 Å². The van der Waals surface area contributed by atoms with Gasteiger partial charge in [0.2, 0.25) is 0 Å². The van der Waals surface area contributed by atoms with Crippen LogP contribution in [0.3, 0.4) is 0 Å². The number of hydrogen-bond acceptors (Lipinski definition) is 3. The third kappa shape index (κ3) is 3.52. The van der Waals surface area contributed by atoms with Crippen molar-refractivity contribution in [1.82, 2.24) is 4.57 Å². The maximum Gasteiger partial charge on any atom is 0.270 e. The fourth-order valence-corrected chi connectivity index (χ4v) is 4.80. The molecule has 1 fully saturated rings. The first-order chi connectivity index (χ1) is 13.6. The van der Waals surface area contributed by atoms with Crippen molar-refractivity contribution in [2.75, 3.05) is 4.90 Å². The Morgan fingerprint density at radius 2 is 1.86 bits per heavy atom. The monoisotopic (exact) mass is 406 g/mol. The van der Waals surface area contributed by atoms with Crippen LogP contribution < -0.4 is 4.90 Å². The smallest absolute Gasteiger partial charge is 0.270 e. The lowest BCUT2D eigenvalue weighted by Gasteiger charge is -2.15. The van der Waals surface area contributed by atoms with E-state index in [1.165, 1.54) is 30.2 Å². The van der Waals surface area contributed by atoms with Crippen LogP contribution in [0.15, 0.2) is 59.6 Å². The Labute approximate surface area is 175 Å². The molecule has 0 bridgehead atoms. The van der Waals surface area contributed by atoms with Crippen LogP contribution in [-0.4, -0.2) is 14.8 Å². The lowest BCUT2D eigenvalue weighted by molar-refractivity contribution is -0.113. The molecule has 142 valence electrons. The quantitative estimate of drug-likeness (QED) is 0.388. The average Bonchev–Trinajstić information content (AvgIpc) is 3.17. The van der Waals surface area contributed by atoms with Crippen molar-refractivity contribution >= 4 is 56.9 Å². The van der Waals surface area contributed by atoms with Gasteiger partial charge in [-0.05, 0) is 42.7 Å². The van der Waals surface area contributed by atoms with Crippen LogP contribution in [0.4, 0.5) is 5.69 Å². The van der Waals surface area contributed by atoms with E-state index in [1.807, 2.05) is 37.4 Å². The number of amides is 1. The number of anilines is 1. The normalized spacial score (nSPS) is 15.9. The van der Waals surface area contributed by atoms with Gasteiger partial charge < -0.3 is 4.57 Å². The summed E-state index contributed by atoms with van der Waals surface area (Å²) < 4.78 is 2.66. The van der Waals surface area contributed by atoms with E-state index in [0.29, 0.717) is 9.23 Å². The number of thiocarbonyl (C=S) groups is 1. The number of rotatable bonds is 5. The third-order valence-electron chi connectivity index (χ3n) is 5.02. The molecule has 0 spiro atoms. The van der Waals surface area contributed by atoms with Crippen LogP contribution in [0, 0.1) is 0 Å². The number of thioether (sulfide) groups is 1. The number of fused-ring (bicyclic) bond motifs is 1. The second-order valence-corrected chi connectivity index (χ2v) is 8.68. The van der Waals surface area contributed by atoms with Crippen LogP contribution in [-0.2, 0) is 18.3 Å². The predicted octanol–water partition coefficient (Wildman–Crippen LogP) is 5.93. The lowest BCUT2D eigenvalue weighted by Crippen LogP contribution is -2.27. The molecule has 0 saturated carbocycles. The fraction of sp³-hybridized carbons (Fsp3) is 0.217. The number of carbonyl (C=O) groups excluding carboxylic acids is 1. The summed E-state index contributed by atoms with van der Waals surface area (Å²) in [4.78, 5) is 15.4. The van der Waals surface area contributed by atoms with E-state index in [1.54, 1.807) is 4.90 Å². The summed E-state index contributed by atoms with van der Waals surface area (Å²) in [5.74, 6) is -0.0516. The molecule has 2 heterocycles. The molecule has 0 radical (unpaired) electrons. The number of nitrogens with zero attached hydrogens (tertiary/aromatic N) is 2. The second-order valence-electron chi connectivity index (χ2n) is 7.00. The topological polar surface area (TPSA) is 25.2 Å². The van der Waals surface area contributed by atoms with Crippen LogP contribution in [0.25, 0.3) is 17.0 Å². The number of aromatic nitrogens is 1. The van der Waals surface area contributed by atoms with Crippen molar-refractivity contribution < 1.29 is 4.79 Å². The summed E-state index contributed by atoms with van der Waals surface area (Å²) in [6.07, 6.45) is 7.43. The molecule has 3 nitrogen and oxygen atoms in total. The number of carbonyl (C=O) groups is 1. The summed E-state index contributed by atoms with van der Waals surface area (Å²) in [5, 5.41) is 1.13. The van der Waals surface area contributed by atoms with Gasteiger partial charge in [-0.25, -0.2) is 0 Å². The van der Waals surface area contributed by atoms with Crippen LogP contribution in [0.2, 0.25) is 0 Å². The predicted molar refractivity (Wildman–Crippen MR) is 124 cm³/mol. The van der Waals surface area contributed by atoms with Crippen LogP contribution >= 0.6 is 24.0 Å². The van der Waals surface area contributed by atoms with E-state index in [-0.39, 0.29) is 5.91 Å². The van der Waals surface area contributed by atoms with Gasteiger partial charge in [0.25, 0.3) is 5.91 Å². The molecule has 1 amide bonds. The Morgan fingerprint density at radius 3 is 2.61 bits per heavy atom. The summed E-state index contributed by atoms with van der Waals surface area (Å²) in [5.41, 5.74) is 4.31. The van der Waals surface area contributed by atoms with Gasteiger partial charge >= 0.3 is 0 Å². The lowest BCUT2D eigenvalue weighted by atomic mass is 10.1. The van der Waals surface area contributed by atoms with Gasteiger partial charge in [-0.15, -0.1) is 0 Å². The van der Waals surface area contributed by atoms with E-state index in [0.717, 1.165) is 28.6 Å². The number of aryl methyl sites for hydroxylation is 2. The summed E-state index contributed by atoms with van der Waals surface area (Å²) in [7, 11) is 2.02. The van der Waals surface area contributed by atoms with Gasteiger partial charge in [-0.3, -0.25) is 9.69 Å². The zero-order chi connectivity index (χ0) is 19.7. The van der Waals surface area contributed by atoms with Gasteiger partial charge in [0.15, 0.2) is 4.32 Å². The van der Waals surface area contributed by atoms with E-state index >= 15 is 0 Å². The summed E-state index contributed by atoms with van der Waals surface area (Å²) in [6.45, 7) is 2.19. The Kier molecular flexibility index (Phi) is 5.38. The van der Waals surface area contributed by atoms with E-state index in [4.69, 9.17) is 12.2 Å². The van der Waals surface area contributed by atoms with Gasteiger partial charge in [0.05, 0.1) is 10.6 Å². The van der Waals surface area contributed by atoms with Crippen molar-refractivity contribution in [3.05, 3.63) is 70.8 Å². The number of unbranched alkanes of at least 4 members (excludes halogenated alkanes) is 1. The Bertz CT molecular complexity index is 1080. The van der Waals surface area contributed by atoms with E-state index in [2.05, 4.69) is 42.0 Å². The molecule has 0 N–H and O–H groups in total. The zero-order valence-electron chi connectivity index (χ0n) is 16.0. The van der Waals surface area contributed by atoms with Gasteiger partial charge in [0.1, 0.15) is 0 Å². The largest absolute Gasteiger partial charge is 0.350 e. The molecule has 1 aliphatic rings. The maximum absolute atomic E-state index is 13.1. The summed E-state index contributed by atoms with van der Waals surface area (Å²) >= 11 is 6.89. The molecule has 1 aromatic heterocycles. The van der Waals surface area contributed by atoms with Gasteiger partial charge in [0, 0.05) is 29.7 Å². The highest BCUT2D eigenvalue weighted by atomic mass is 32.2. The summed E-state index contributed by atoms with van der Waals surface area (Å²) in [6, 6.07) is 16.4. The highest BCUT2D eigenvalue weighted by molar-refractivity contribution is 8.27. The van der Waals surface area contributed by atoms with Crippen molar-refractivity contribution in [2.45, 2.75) is 26.2 Å². The van der Waals surface area contributed by atoms with Crippen molar-refractivity contribution in [1.29, 1.82) is 0 Å². The molecule has 5 heteroatoms. The Hall–Kier alpha value is -2.37. The number of hydrogen-bond donors (Lipinski definition) is 0. The number of para-hydroxylation sites is 1. The molecular formula is C23H22N2OS2. The molecule has 2 aromatic carbocycles. The van der Waals surface area contributed by atoms with Crippen molar-refractivity contribution in [3.63, 3.8) is 0 Å². The molecule has 0 unspecified atom stereocenters. The third-order valence-corrected chi connectivity index (χ3v) is 6.32. The highest BCUT2D eigenvalue weighted by Crippen LogP contribution is 2.37. The second kappa shape index (κ2) is 7.94. The minimum atomic E-state index is -0.0516. The van der Waals surface area contributed by atoms with Gasteiger partial charge in [-0.1, -0.05) is 67.7 Å². The molecule has 0 atom stereocenters. The molecule has 28 heavy (non-hydrogen) atoms. The first-order valence-corrected chi connectivity index (χ1v) is 10.7. The molecular weight excluding hydrogens is 384 g/mol. The standard InChI is InChI=1S/C23H22N2OS2/c1-3-4-7-16-10-12-18(13-11-16)25-22(26)21(28-23(25)27)14-17-15-24(2)20-9-6-5-8-19(17)20/h5-6,8-15H,3-4,7H2,1-2H3. The maximum atomic E-state index is 13.1. The fourth-order valence-electron chi connectivity index (χ4n) is 3.51. The SMILES string of the molecule is CCCCc1ccc(N2C(=O)C(=Cc3cn(C)c4ccccc34)SC2=S)cc1. The van der Waals surface area contributed by atoms with E-state index in [9.17, 15) is 4.79 Å². The first kappa shape index (κ1) is 19.0. The molecule has 1 saturated heterocycles. The Balaban J connectivity index is 1.62. The average molecular weight is 407 g/mol. The Morgan fingerprint density at radius 1 is 1.11 bits per heavy atom. The molecule has 1 aliphatic heterocycles. The minimum Gasteiger partial charge on any atom is -0.350 e. The molecule has 3 aromatic rings. The molecule has 4 rings (SSSR count). The highest BCUT2D eigenvalue weighted by Gasteiger charge is 2.33. The van der Waals surface area contributed by atoms with Crippen molar-refractivity contribution in [2.24, 2.45) is 7.05 Å². The van der Waals surface area contributed by atoms with Gasteiger partial charge in [-0.2, -0.15) is 0 Å².